The second-order valence-corrected chi connectivity index (χ2v) is 3.38. The van der Waals surface area contributed by atoms with Gasteiger partial charge in [0.2, 0.25) is 11.8 Å². The number of anilines is 1. The first-order chi connectivity index (χ1) is 7.24. The molecule has 0 amide bonds. The summed E-state index contributed by atoms with van der Waals surface area (Å²) in [7, 11) is 1.55. The Morgan fingerprint density at radius 3 is 2.47 bits per heavy atom. The molecule has 0 bridgehead atoms. The summed E-state index contributed by atoms with van der Waals surface area (Å²) in [5.41, 5.74) is 6.19. The molecule has 0 radical (unpaired) electrons. The Balaban J connectivity index is 0.000000187. The fourth-order valence-electron chi connectivity index (χ4n) is 1.27. The van der Waals surface area contributed by atoms with E-state index in [0.717, 1.165) is 5.56 Å². The molecule has 0 spiro atoms. The molecule has 5 heteroatoms. The molecule has 1 aliphatic heterocycles. The van der Waals surface area contributed by atoms with Gasteiger partial charge in [-0.15, -0.1) is 0 Å². The average molecular weight is 210 g/mol. The molecule has 0 saturated carbocycles. The number of methoxy groups -OCH3 is 1. The largest absolute Gasteiger partial charge is 0.481 e. The molecule has 84 valence electrons. The number of nitrogen functional groups attached to an aromatic ring is 1. The predicted molar refractivity (Wildman–Crippen MR) is 59.8 cm³/mol. The monoisotopic (exact) mass is 210 g/mol. The highest BCUT2D eigenvalue weighted by Gasteiger charge is 1.98. The first-order valence-electron chi connectivity index (χ1n) is 5.08. The van der Waals surface area contributed by atoms with Crippen molar-refractivity contribution in [1.29, 1.82) is 0 Å². The second-order valence-electron chi connectivity index (χ2n) is 3.38. The molecule has 0 unspecified atom stereocenters. The number of nitrogens with one attached hydrogen (secondary N) is 1. The van der Waals surface area contributed by atoms with Gasteiger partial charge in [0.1, 0.15) is 0 Å². The number of aromatic nitrogens is 2. The highest BCUT2D eigenvalue weighted by Crippen LogP contribution is 2.11. The van der Waals surface area contributed by atoms with E-state index in [-0.39, 0.29) is 5.95 Å². The quantitative estimate of drug-likeness (QED) is 0.715. The van der Waals surface area contributed by atoms with Gasteiger partial charge in [-0.3, -0.25) is 0 Å². The van der Waals surface area contributed by atoms with Crippen molar-refractivity contribution in [1.82, 2.24) is 15.3 Å². The van der Waals surface area contributed by atoms with Crippen LogP contribution in [0.5, 0.6) is 5.88 Å². The third-order valence-electron chi connectivity index (χ3n) is 2.09. The Hall–Kier alpha value is -1.36. The molecule has 5 nitrogen and oxygen atoms in total. The van der Waals surface area contributed by atoms with Crippen LogP contribution in [0.15, 0.2) is 6.20 Å². The molecule has 1 aliphatic rings. The zero-order chi connectivity index (χ0) is 11.1. The maximum Gasteiger partial charge on any atom is 0.223 e. The van der Waals surface area contributed by atoms with Crippen LogP contribution in [-0.2, 0) is 0 Å². The summed E-state index contributed by atoms with van der Waals surface area (Å²) < 4.78 is 4.89. The van der Waals surface area contributed by atoms with Gasteiger partial charge in [-0.05, 0) is 32.9 Å². The number of nitrogens with zero attached hydrogens (tertiary/aromatic N) is 2. The lowest BCUT2D eigenvalue weighted by molar-refractivity contribution is 0.394. The van der Waals surface area contributed by atoms with E-state index in [1.54, 1.807) is 13.3 Å². The highest BCUT2D eigenvalue weighted by atomic mass is 16.5. The summed E-state index contributed by atoms with van der Waals surface area (Å²) >= 11 is 0. The molecule has 0 aromatic carbocycles. The SMILES string of the molecule is C1CCNC1.COc1nc(N)ncc1C. The van der Waals surface area contributed by atoms with Crippen LogP contribution in [0.25, 0.3) is 0 Å². The zero-order valence-corrected chi connectivity index (χ0v) is 9.29. The Kier molecular flexibility index (Phi) is 4.83. The summed E-state index contributed by atoms with van der Waals surface area (Å²) in [5.74, 6) is 0.773. The van der Waals surface area contributed by atoms with E-state index in [1.807, 2.05) is 6.92 Å². The second kappa shape index (κ2) is 6.19. The molecule has 15 heavy (non-hydrogen) atoms. The van der Waals surface area contributed by atoms with Crippen LogP contribution in [0.2, 0.25) is 0 Å². The van der Waals surface area contributed by atoms with Crippen molar-refractivity contribution in [3.63, 3.8) is 0 Å². The third kappa shape index (κ3) is 4.12. The van der Waals surface area contributed by atoms with Crippen molar-refractivity contribution >= 4 is 5.95 Å². The van der Waals surface area contributed by atoms with E-state index in [9.17, 15) is 0 Å². The first-order valence-corrected chi connectivity index (χ1v) is 5.08. The lowest BCUT2D eigenvalue weighted by Gasteiger charge is -2.01. The molecule has 3 N–H and O–H groups in total. The van der Waals surface area contributed by atoms with Crippen molar-refractivity contribution in [2.24, 2.45) is 0 Å². The summed E-state index contributed by atoms with van der Waals surface area (Å²) in [5, 5.41) is 3.22. The van der Waals surface area contributed by atoms with E-state index in [0.29, 0.717) is 5.88 Å². The Labute approximate surface area is 90.1 Å². The Morgan fingerprint density at radius 2 is 2.07 bits per heavy atom. The molecule has 2 rings (SSSR count). The van der Waals surface area contributed by atoms with Gasteiger partial charge in [0.05, 0.1) is 7.11 Å². The topological polar surface area (TPSA) is 73.1 Å². The summed E-state index contributed by atoms with van der Waals surface area (Å²) in [4.78, 5) is 7.61. The number of nitrogens with two attached hydrogens (primary N) is 1. The van der Waals surface area contributed by atoms with Gasteiger partial charge in [0.25, 0.3) is 0 Å². The number of ether oxygens (including phenoxy) is 1. The molecule has 1 fully saturated rings. The zero-order valence-electron chi connectivity index (χ0n) is 9.29. The van der Waals surface area contributed by atoms with Gasteiger partial charge in [0.15, 0.2) is 0 Å². The molecular weight excluding hydrogens is 192 g/mol. The van der Waals surface area contributed by atoms with Crippen molar-refractivity contribution in [2.45, 2.75) is 19.8 Å². The lowest BCUT2D eigenvalue weighted by atomic mass is 10.4. The van der Waals surface area contributed by atoms with E-state index in [1.165, 1.54) is 25.9 Å². The van der Waals surface area contributed by atoms with Crippen LogP contribution in [0, 0.1) is 6.92 Å². The fourth-order valence-corrected chi connectivity index (χ4v) is 1.27. The molecule has 1 aromatic heterocycles. The minimum atomic E-state index is 0.238. The Morgan fingerprint density at radius 1 is 1.40 bits per heavy atom. The number of rotatable bonds is 1. The summed E-state index contributed by atoms with van der Waals surface area (Å²) in [6, 6.07) is 0. The van der Waals surface area contributed by atoms with Gasteiger partial charge < -0.3 is 15.8 Å². The summed E-state index contributed by atoms with van der Waals surface area (Å²) in [6.07, 6.45) is 4.40. The molecule has 0 atom stereocenters. The smallest absolute Gasteiger partial charge is 0.223 e. The molecular formula is C10H18N4O. The Bertz CT molecular complexity index is 292. The molecule has 1 saturated heterocycles. The van der Waals surface area contributed by atoms with Crippen LogP contribution < -0.4 is 15.8 Å². The highest BCUT2D eigenvalue weighted by molar-refractivity contribution is 5.28. The summed E-state index contributed by atoms with van der Waals surface area (Å²) in [6.45, 7) is 4.36. The molecule has 0 aliphatic carbocycles. The fraction of sp³-hybridized carbons (Fsp3) is 0.600. The van der Waals surface area contributed by atoms with E-state index in [4.69, 9.17) is 10.5 Å². The third-order valence-corrected chi connectivity index (χ3v) is 2.09. The lowest BCUT2D eigenvalue weighted by Crippen LogP contribution is -2.03. The molecule has 1 aromatic rings. The standard InChI is InChI=1S/C6H9N3O.C4H9N/c1-4-3-8-6(7)9-5(4)10-2;1-2-4-5-3-1/h3H,1-2H3,(H2,7,8,9);5H,1-4H2. The average Bonchev–Trinajstić information content (AvgIpc) is 2.80. The van der Waals surface area contributed by atoms with Gasteiger partial charge >= 0.3 is 0 Å². The van der Waals surface area contributed by atoms with Crippen LogP contribution >= 0.6 is 0 Å². The number of aryl methyl sites for hydroxylation is 1. The van der Waals surface area contributed by atoms with Gasteiger partial charge in [-0.25, -0.2) is 4.98 Å². The van der Waals surface area contributed by atoms with Crippen molar-refractivity contribution in [2.75, 3.05) is 25.9 Å². The minimum Gasteiger partial charge on any atom is -0.481 e. The van der Waals surface area contributed by atoms with Crippen LogP contribution in [0.4, 0.5) is 5.95 Å². The number of hydrogen-bond acceptors (Lipinski definition) is 5. The van der Waals surface area contributed by atoms with Crippen LogP contribution in [0.1, 0.15) is 18.4 Å². The van der Waals surface area contributed by atoms with Crippen molar-refractivity contribution in [3.05, 3.63) is 11.8 Å². The van der Waals surface area contributed by atoms with Crippen LogP contribution in [0.3, 0.4) is 0 Å². The van der Waals surface area contributed by atoms with E-state index >= 15 is 0 Å². The van der Waals surface area contributed by atoms with Gasteiger partial charge in [0, 0.05) is 11.8 Å². The predicted octanol–water partition coefficient (Wildman–Crippen LogP) is 0.746. The minimum absolute atomic E-state index is 0.238. The van der Waals surface area contributed by atoms with E-state index in [2.05, 4.69) is 15.3 Å². The van der Waals surface area contributed by atoms with Crippen molar-refractivity contribution < 1.29 is 4.74 Å². The number of hydrogen-bond donors (Lipinski definition) is 2. The van der Waals surface area contributed by atoms with E-state index < -0.39 is 0 Å². The van der Waals surface area contributed by atoms with Gasteiger partial charge in [-0.1, -0.05) is 0 Å². The van der Waals surface area contributed by atoms with Gasteiger partial charge in [-0.2, -0.15) is 4.98 Å². The first kappa shape index (κ1) is 11.7. The maximum atomic E-state index is 5.30. The molecule has 2 heterocycles. The van der Waals surface area contributed by atoms with Crippen molar-refractivity contribution in [3.8, 4) is 5.88 Å². The maximum absolute atomic E-state index is 5.30. The normalized spacial score (nSPS) is 14.3. The van der Waals surface area contributed by atoms with Crippen LogP contribution in [-0.4, -0.2) is 30.2 Å².